The Morgan fingerprint density at radius 1 is 1.09 bits per heavy atom. The van der Waals surface area contributed by atoms with E-state index >= 15 is 0 Å². The number of ether oxygens (including phenoxy) is 1. The molecule has 1 atom stereocenters. The largest absolute Gasteiger partial charge is 0.507 e. The first-order valence-electron chi connectivity index (χ1n) is 10.9. The maximum absolute atomic E-state index is 13.5. The molecule has 1 N–H and O–H groups in total. The van der Waals surface area contributed by atoms with Gasteiger partial charge in [-0.2, -0.15) is 0 Å². The van der Waals surface area contributed by atoms with Crippen LogP contribution in [0.2, 0.25) is 0 Å². The Morgan fingerprint density at radius 2 is 1.75 bits per heavy atom. The van der Waals surface area contributed by atoms with Gasteiger partial charge in [0.15, 0.2) is 0 Å². The van der Waals surface area contributed by atoms with E-state index in [0.717, 1.165) is 5.56 Å². The Morgan fingerprint density at radius 3 is 2.31 bits per heavy atom. The van der Waals surface area contributed by atoms with E-state index in [9.17, 15) is 19.1 Å². The van der Waals surface area contributed by atoms with Crippen LogP contribution in [0.3, 0.4) is 0 Å². The fourth-order valence-corrected chi connectivity index (χ4v) is 4.04. The molecule has 170 valence electrons. The first-order valence-corrected chi connectivity index (χ1v) is 10.9. The third-order valence-electron chi connectivity index (χ3n) is 5.55. The van der Waals surface area contributed by atoms with Crippen molar-refractivity contribution in [2.24, 2.45) is 0 Å². The molecule has 0 aromatic heterocycles. The van der Waals surface area contributed by atoms with Crippen LogP contribution in [-0.2, 0) is 15.0 Å². The molecule has 0 spiro atoms. The summed E-state index contributed by atoms with van der Waals surface area (Å²) in [6.45, 7) is 10.8. The fraction of sp³-hybridized carbons (Fsp3) is 0.385. The Bertz CT molecular complexity index is 1050. The number of benzene rings is 2. The lowest BCUT2D eigenvalue weighted by atomic mass is 9.84. The summed E-state index contributed by atoms with van der Waals surface area (Å²) in [6.07, 6.45) is 0.641. The number of Topliss-reactive ketones (excluding diaryl/α,β-unsaturated/α-hetero) is 1. The number of halogens is 1. The van der Waals surface area contributed by atoms with Crippen molar-refractivity contribution in [1.82, 2.24) is 4.90 Å². The summed E-state index contributed by atoms with van der Waals surface area (Å²) >= 11 is 0. The van der Waals surface area contributed by atoms with Gasteiger partial charge in [-0.25, -0.2) is 4.39 Å². The second-order valence-electron chi connectivity index (χ2n) is 8.94. The molecule has 1 fully saturated rings. The lowest BCUT2D eigenvalue weighted by Crippen LogP contribution is -2.30. The minimum absolute atomic E-state index is 0.0130. The molecule has 1 aliphatic heterocycles. The molecule has 1 heterocycles. The van der Waals surface area contributed by atoms with Crippen molar-refractivity contribution < 1.29 is 23.8 Å². The van der Waals surface area contributed by atoms with Crippen LogP contribution >= 0.6 is 0 Å². The van der Waals surface area contributed by atoms with E-state index in [-0.39, 0.29) is 16.7 Å². The van der Waals surface area contributed by atoms with Gasteiger partial charge >= 0.3 is 0 Å². The van der Waals surface area contributed by atoms with Gasteiger partial charge in [0.05, 0.1) is 18.2 Å². The number of carbonyl (C=O) groups is 2. The van der Waals surface area contributed by atoms with Gasteiger partial charge in [-0.05, 0) is 54.7 Å². The third kappa shape index (κ3) is 4.40. The van der Waals surface area contributed by atoms with Crippen LogP contribution in [0.25, 0.3) is 5.76 Å². The number of aliphatic hydroxyl groups excluding tert-OH is 1. The van der Waals surface area contributed by atoms with Crippen LogP contribution in [0.15, 0.2) is 48.0 Å². The van der Waals surface area contributed by atoms with E-state index in [1.807, 2.05) is 34.6 Å². The Balaban J connectivity index is 2.21. The van der Waals surface area contributed by atoms with Gasteiger partial charge in [0.1, 0.15) is 17.3 Å². The molecule has 2 aromatic rings. The number of aliphatic hydroxyl groups is 1. The highest BCUT2D eigenvalue weighted by molar-refractivity contribution is 6.46. The summed E-state index contributed by atoms with van der Waals surface area (Å²) in [5.74, 6) is -1.36. The van der Waals surface area contributed by atoms with Gasteiger partial charge in [-0.1, -0.05) is 39.8 Å². The minimum atomic E-state index is -0.778. The standard InChI is InChI=1S/C26H30FNO4/c1-6-14-28-22(16-8-11-18(27)12-9-16)21(24(30)25(28)31)23(29)17-10-13-20(32-7-2)19(15-17)26(3,4)5/h8-13,15,22,29H,6-7,14H2,1-5H3/b23-21-. The van der Waals surface area contributed by atoms with Crippen molar-refractivity contribution in [3.63, 3.8) is 0 Å². The zero-order valence-electron chi connectivity index (χ0n) is 19.2. The molecule has 0 radical (unpaired) electrons. The van der Waals surface area contributed by atoms with E-state index < -0.39 is 23.5 Å². The molecule has 0 saturated carbocycles. The van der Waals surface area contributed by atoms with E-state index in [1.165, 1.54) is 17.0 Å². The maximum atomic E-state index is 13.5. The highest BCUT2D eigenvalue weighted by Crippen LogP contribution is 2.41. The smallest absolute Gasteiger partial charge is 0.295 e. The summed E-state index contributed by atoms with van der Waals surface area (Å²) in [6, 6.07) is 10.1. The molecular formula is C26H30FNO4. The predicted molar refractivity (Wildman–Crippen MR) is 122 cm³/mol. The number of amides is 1. The molecule has 32 heavy (non-hydrogen) atoms. The molecule has 5 nitrogen and oxygen atoms in total. The average Bonchev–Trinajstić information content (AvgIpc) is 2.99. The van der Waals surface area contributed by atoms with Crippen molar-refractivity contribution >= 4 is 17.4 Å². The van der Waals surface area contributed by atoms with Gasteiger partial charge in [-0.3, -0.25) is 9.59 Å². The average molecular weight is 440 g/mol. The van der Waals surface area contributed by atoms with Crippen molar-refractivity contribution in [1.29, 1.82) is 0 Å². The summed E-state index contributed by atoms with van der Waals surface area (Å²) in [5, 5.41) is 11.3. The Hall–Kier alpha value is -3.15. The van der Waals surface area contributed by atoms with E-state index in [1.54, 1.807) is 30.3 Å². The van der Waals surface area contributed by atoms with Gasteiger partial charge in [0.25, 0.3) is 11.7 Å². The SMILES string of the molecule is CCCN1C(=O)C(=O)/C(=C(\O)c2ccc(OCC)c(C(C)(C)C)c2)C1c1ccc(F)cc1. The zero-order chi connectivity index (χ0) is 23.6. The molecule has 1 saturated heterocycles. The van der Waals surface area contributed by atoms with E-state index in [4.69, 9.17) is 4.74 Å². The van der Waals surface area contributed by atoms with Crippen LogP contribution in [0.1, 0.15) is 63.8 Å². The number of rotatable bonds is 6. The van der Waals surface area contributed by atoms with Crippen LogP contribution in [0, 0.1) is 5.82 Å². The normalized spacial score (nSPS) is 18.3. The second-order valence-corrected chi connectivity index (χ2v) is 8.94. The molecular weight excluding hydrogens is 409 g/mol. The van der Waals surface area contributed by atoms with Gasteiger partial charge in [0.2, 0.25) is 0 Å². The van der Waals surface area contributed by atoms with Crippen LogP contribution < -0.4 is 4.74 Å². The molecule has 3 rings (SSSR count). The van der Waals surface area contributed by atoms with Crippen LogP contribution in [0.4, 0.5) is 4.39 Å². The first kappa shape index (κ1) is 23.5. The quantitative estimate of drug-likeness (QED) is 0.374. The maximum Gasteiger partial charge on any atom is 0.295 e. The number of likely N-dealkylation sites (tertiary alicyclic amines) is 1. The minimum Gasteiger partial charge on any atom is -0.507 e. The summed E-state index contributed by atoms with van der Waals surface area (Å²) in [7, 11) is 0. The fourth-order valence-electron chi connectivity index (χ4n) is 4.04. The van der Waals surface area contributed by atoms with E-state index in [2.05, 4.69) is 0 Å². The van der Waals surface area contributed by atoms with Crippen molar-refractivity contribution in [3.8, 4) is 5.75 Å². The lowest BCUT2D eigenvalue weighted by molar-refractivity contribution is -0.139. The van der Waals surface area contributed by atoms with Gasteiger partial charge < -0.3 is 14.7 Å². The van der Waals surface area contributed by atoms with Crippen molar-refractivity contribution in [2.75, 3.05) is 13.2 Å². The highest BCUT2D eigenvalue weighted by atomic mass is 19.1. The summed E-state index contributed by atoms with van der Waals surface area (Å²) < 4.78 is 19.3. The number of hydrogen-bond donors (Lipinski definition) is 1. The number of carbonyl (C=O) groups excluding carboxylic acids is 2. The van der Waals surface area contributed by atoms with Gasteiger partial charge in [0, 0.05) is 17.7 Å². The zero-order valence-corrected chi connectivity index (χ0v) is 19.2. The molecule has 1 unspecified atom stereocenters. The molecule has 0 bridgehead atoms. The molecule has 1 aliphatic rings. The highest BCUT2D eigenvalue weighted by Gasteiger charge is 2.45. The van der Waals surface area contributed by atoms with Crippen LogP contribution in [-0.4, -0.2) is 34.8 Å². The number of hydrogen-bond acceptors (Lipinski definition) is 4. The first-order chi connectivity index (χ1) is 15.1. The number of ketones is 1. The number of nitrogens with zero attached hydrogens (tertiary/aromatic N) is 1. The topological polar surface area (TPSA) is 66.8 Å². The lowest BCUT2D eigenvalue weighted by Gasteiger charge is -2.25. The van der Waals surface area contributed by atoms with Gasteiger partial charge in [-0.15, -0.1) is 0 Å². The van der Waals surface area contributed by atoms with Crippen LogP contribution in [0.5, 0.6) is 5.75 Å². The summed E-state index contributed by atoms with van der Waals surface area (Å²) in [4.78, 5) is 27.2. The molecule has 6 heteroatoms. The summed E-state index contributed by atoms with van der Waals surface area (Å²) in [5.41, 5.74) is 1.62. The molecule has 1 amide bonds. The predicted octanol–water partition coefficient (Wildman–Crippen LogP) is 5.35. The molecule has 2 aromatic carbocycles. The third-order valence-corrected chi connectivity index (χ3v) is 5.55. The van der Waals surface area contributed by atoms with E-state index in [0.29, 0.717) is 36.4 Å². The Kier molecular flexibility index (Phi) is 6.72. The molecule has 0 aliphatic carbocycles. The van der Waals surface area contributed by atoms with Crippen molar-refractivity contribution in [2.45, 2.75) is 52.5 Å². The van der Waals surface area contributed by atoms with Crippen molar-refractivity contribution in [3.05, 3.63) is 70.5 Å². The second kappa shape index (κ2) is 9.15. The Labute approximate surface area is 188 Å². The monoisotopic (exact) mass is 439 g/mol.